The van der Waals surface area contributed by atoms with Crippen LogP contribution in [-0.2, 0) is 12.4 Å². The minimum atomic E-state index is -5.17. The number of aromatic nitrogens is 7. The third-order valence-corrected chi connectivity index (χ3v) is 17.4. The van der Waals surface area contributed by atoms with E-state index in [0.717, 1.165) is 123 Å². The standard InChI is InChI=1S/C81H49F6N7/c82-80(83,84)63-37-62(38-64(43-63)81(85,86)87)69-44-79(94-76-41-56(60-27-35-72(90-47-60)52-17-9-3-10-18-52)23-31-67(76)68-32-24-57(42-77(68)94)61-28-36-73(91-48-61)53-19-11-4-12-20-53)92-49-78(69)93-74-39-54(58-25-33-70(88-45-58)50-13-5-1-6-14-50)21-29-65(74)66-30-22-55(40-75(66)93)59-26-34-71(89-46-59)51-15-7-2-8-16-51/h1-49H. The molecule has 16 aromatic rings. The van der Waals surface area contributed by atoms with Crippen LogP contribution in [0.5, 0.6) is 0 Å². The lowest BCUT2D eigenvalue weighted by molar-refractivity contribution is -0.143. The van der Waals surface area contributed by atoms with E-state index >= 15 is 26.3 Å². The van der Waals surface area contributed by atoms with Gasteiger partial charge in [-0.05, 0) is 101 Å². The zero-order valence-electron chi connectivity index (χ0n) is 49.7. The van der Waals surface area contributed by atoms with Crippen LogP contribution in [0.25, 0.3) is 156 Å². The molecule has 7 nitrogen and oxygen atoms in total. The smallest absolute Gasteiger partial charge is 0.307 e. The summed E-state index contributed by atoms with van der Waals surface area (Å²) >= 11 is 0. The van der Waals surface area contributed by atoms with Gasteiger partial charge >= 0.3 is 12.4 Å². The lowest BCUT2D eigenvalue weighted by Crippen LogP contribution is -2.11. The van der Waals surface area contributed by atoms with Crippen molar-refractivity contribution in [2.75, 3.05) is 0 Å². The Morgan fingerprint density at radius 1 is 0.234 bits per heavy atom. The van der Waals surface area contributed by atoms with Crippen LogP contribution in [0.3, 0.4) is 0 Å². The molecule has 0 saturated carbocycles. The van der Waals surface area contributed by atoms with Crippen LogP contribution < -0.4 is 0 Å². The van der Waals surface area contributed by atoms with Crippen LogP contribution in [0.4, 0.5) is 26.3 Å². The van der Waals surface area contributed by atoms with Crippen LogP contribution in [0.2, 0.25) is 0 Å². The highest BCUT2D eigenvalue weighted by atomic mass is 19.4. The van der Waals surface area contributed by atoms with E-state index in [-0.39, 0.29) is 28.7 Å². The largest absolute Gasteiger partial charge is 0.416 e. The van der Waals surface area contributed by atoms with Gasteiger partial charge in [0.25, 0.3) is 0 Å². The summed E-state index contributed by atoms with van der Waals surface area (Å²) in [7, 11) is 0. The summed E-state index contributed by atoms with van der Waals surface area (Å²) in [4.78, 5) is 24.7. The first-order valence-electron chi connectivity index (χ1n) is 30.4. The average molecular weight is 1230 g/mol. The summed E-state index contributed by atoms with van der Waals surface area (Å²) in [6, 6.07) is 82.4. The molecule has 0 aliphatic carbocycles. The number of halogens is 6. The molecule has 16 rings (SSSR count). The van der Waals surface area contributed by atoms with Crippen molar-refractivity contribution in [1.29, 1.82) is 0 Å². The predicted molar refractivity (Wildman–Crippen MR) is 363 cm³/mol. The number of alkyl halides is 6. The second-order valence-corrected chi connectivity index (χ2v) is 23.1. The lowest BCUT2D eigenvalue weighted by Gasteiger charge is -2.19. The summed E-state index contributed by atoms with van der Waals surface area (Å²) in [5.41, 5.74) is 12.8. The van der Waals surface area contributed by atoms with Gasteiger partial charge in [-0.2, -0.15) is 26.3 Å². The van der Waals surface area contributed by atoms with Crippen molar-refractivity contribution in [2.45, 2.75) is 12.4 Å². The molecule has 0 saturated heterocycles. The first-order valence-corrected chi connectivity index (χ1v) is 30.4. The van der Waals surface area contributed by atoms with E-state index in [2.05, 4.69) is 0 Å². The predicted octanol–water partition coefficient (Wildman–Crippen LogP) is 21.9. The molecule has 9 aromatic carbocycles. The third-order valence-electron chi connectivity index (χ3n) is 17.4. The molecule has 0 aliphatic rings. The van der Waals surface area contributed by atoms with Crippen molar-refractivity contribution in [3.63, 3.8) is 0 Å². The summed E-state index contributed by atoms with van der Waals surface area (Å²) in [6.07, 6.45) is -1.57. The number of fused-ring (bicyclic) bond motifs is 6. The van der Waals surface area contributed by atoms with Crippen molar-refractivity contribution in [3.05, 3.63) is 309 Å². The van der Waals surface area contributed by atoms with Gasteiger partial charge in [0.05, 0.1) is 67.9 Å². The Hall–Kier alpha value is -12.1. The molecule has 13 heteroatoms. The van der Waals surface area contributed by atoms with Crippen LogP contribution in [-0.4, -0.2) is 34.1 Å². The van der Waals surface area contributed by atoms with Gasteiger partial charge in [0.1, 0.15) is 5.82 Å². The van der Waals surface area contributed by atoms with E-state index in [9.17, 15) is 0 Å². The maximum absolute atomic E-state index is 15.3. The monoisotopic (exact) mass is 1230 g/mol. The second-order valence-electron chi connectivity index (χ2n) is 23.1. The molecular weight excluding hydrogens is 1180 g/mol. The quantitative estimate of drug-likeness (QED) is 0.121. The Labute approximate surface area is 534 Å². The molecule has 0 aliphatic heterocycles. The van der Waals surface area contributed by atoms with Gasteiger partial charge < -0.3 is 4.57 Å². The van der Waals surface area contributed by atoms with Gasteiger partial charge in [0.2, 0.25) is 0 Å². The van der Waals surface area contributed by atoms with Gasteiger partial charge in [0, 0.05) is 96.4 Å². The SMILES string of the molecule is FC(F)(F)c1cc(-c2cc(-n3c4cc(-c5ccc(-c6ccccc6)nc5)ccc4c4ccc(-c5ccc(-c6ccccc6)nc5)cc43)ncc2-n2c3cc(-c4ccc(-c5ccccc5)nc4)ccc3c3ccc(-c4ccc(-c5ccccc5)nc4)cc32)cc(C(F)(F)F)c1. The van der Waals surface area contributed by atoms with Crippen molar-refractivity contribution in [1.82, 2.24) is 34.1 Å². The topological polar surface area (TPSA) is 74.3 Å². The summed E-state index contributed by atoms with van der Waals surface area (Å²) in [6.45, 7) is 0. The van der Waals surface area contributed by atoms with Crippen molar-refractivity contribution in [3.8, 4) is 112 Å². The number of nitrogens with zero attached hydrogens (tertiary/aromatic N) is 7. The molecule has 0 bridgehead atoms. The Balaban J connectivity index is 0.949. The highest BCUT2D eigenvalue weighted by Gasteiger charge is 2.38. The molecule has 0 fully saturated rings. The van der Waals surface area contributed by atoms with Crippen molar-refractivity contribution >= 4 is 43.6 Å². The van der Waals surface area contributed by atoms with E-state index < -0.39 is 23.5 Å². The zero-order valence-corrected chi connectivity index (χ0v) is 49.7. The highest BCUT2D eigenvalue weighted by Crippen LogP contribution is 2.45. The van der Waals surface area contributed by atoms with E-state index in [0.29, 0.717) is 22.1 Å². The molecule has 0 spiro atoms. The summed E-state index contributed by atoms with van der Waals surface area (Å²) in [5, 5.41) is 3.18. The minimum Gasteiger partial charge on any atom is -0.307 e. The average Bonchev–Trinajstić information content (AvgIpc) is 1.56. The Kier molecular flexibility index (Phi) is 14.0. The third kappa shape index (κ3) is 10.6. The fraction of sp³-hybridized carbons (Fsp3) is 0.0247. The minimum absolute atomic E-state index is 0.0441. The molecule has 0 amide bonds. The van der Waals surface area contributed by atoms with Crippen molar-refractivity contribution in [2.24, 2.45) is 0 Å². The van der Waals surface area contributed by atoms with E-state index in [1.165, 1.54) is 0 Å². The van der Waals surface area contributed by atoms with Crippen LogP contribution >= 0.6 is 0 Å². The maximum Gasteiger partial charge on any atom is 0.416 e. The molecular formula is C81H49F6N7. The zero-order chi connectivity index (χ0) is 63.7. The molecule has 0 atom stereocenters. The summed E-state index contributed by atoms with van der Waals surface area (Å²) in [5.74, 6) is 0.227. The molecule has 7 aromatic heterocycles. The van der Waals surface area contributed by atoms with E-state index in [4.69, 9.17) is 24.9 Å². The molecule has 0 N–H and O–H groups in total. The second kappa shape index (κ2) is 23.0. The molecule has 7 heterocycles. The molecule has 450 valence electrons. The Bertz CT molecular complexity index is 5210. The van der Waals surface area contributed by atoms with Gasteiger partial charge in [0.15, 0.2) is 0 Å². The Morgan fingerprint density at radius 3 is 0.819 bits per heavy atom. The van der Waals surface area contributed by atoms with Gasteiger partial charge in [-0.1, -0.05) is 194 Å². The van der Waals surface area contributed by atoms with Gasteiger partial charge in [-0.3, -0.25) is 24.5 Å². The molecule has 94 heavy (non-hydrogen) atoms. The fourth-order valence-corrected chi connectivity index (χ4v) is 12.7. The molecule has 0 unspecified atom stereocenters. The number of pyridine rings is 5. The van der Waals surface area contributed by atoms with E-state index in [1.807, 2.05) is 264 Å². The number of rotatable bonds is 11. The van der Waals surface area contributed by atoms with Crippen molar-refractivity contribution < 1.29 is 26.3 Å². The molecule has 0 radical (unpaired) electrons. The first kappa shape index (κ1) is 57.1. The number of hydrogen-bond donors (Lipinski definition) is 0. The first-order chi connectivity index (χ1) is 45.8. The normalized spacial score (nSPS) is 11.9. The highest BCUT2D eigenvalue weighted by molar-refractivity contribution is 6.13. The van der Waals surface area contributed by atoms with Gasteiger partial charge in [-0.15, -0.1) is 0 Å². The maximum atomic E-state index is 15.3. The van der Waals surface area contributed by atoms with Crippen LogP contribution in [0.1, 0.15) is 11.1 Å². The number of benzene rings is 9. The number of hydrogen-bond acceptors (Lipinski definition) is 5. The lowest BCUT2D eigenvalue weighted by atomic mass is 9.98. The fourth-order valence-electron chi connectivity index (χ4n) is 12.7. The Morgan fingerprint density at radius 2 is 0.532 bits per heavy atom. The van der Waals surface area contributed by atoms with E-state index in [1.54, 1.807) is 24.7 Å². The van der Waals surface area contributed by atoms with Crippen LogP contribution in [0.15, 0.2) is 298 Å². The van der Waals surface area contributed by atoms with Crippen LogP contribution in [0, 0.1) is 0 Å². The van der Waals surface area contributed by atoms with Gasteiger partial charge in [-0.25, -0.2) is 4.98 Å². The summed E-state index contributed by atoms with van der Waals surface area (Å²) < 4.78 is 95.7.